The first-order chi connectivity index (χ1) is 17.1. The number of phenolic OH excluding ortho intramolecular Hbond substituents is 2. The Balaban J connectivity index is 1.62. The SMILES string of the molecule is CCCCCCCc1cc(Cc2cc(C)cc(C3CCCCC3)c2O)c(O)c(C2CCCCC2)c1. The predicted molar refractivity (Wildman–Crippen MR) is 148 cm³/mol. The Kier molecular flexibility index (Phi) is 9.58. The minimum absolute atomic E-state index is 0.475. The van der Waals surface area contributed by atoms with Crippen molar-refractivity contribution in [1.29, 1.82) is 0 Å². The monoisotopic (exact) mass is 476 g/mol. The van der Waals surface area contributed by atoms with Crippen molar-refractivity contribution >= 4 is 0 Å². The van der Waals surface area contributed by atoms with Gasteiger partial charge in [0.25, 0.3) is 0 Å². The lowest BCUT2D eigenvalue weighted by molar-refractivity contribution is 0.408. The van der Waals surface area contributed by atoms with E-state index in [4.69, 9.17) is 0 Å². The van der Waals surface area contributed by atoms with E-state index in [1.165, 1.54) is 113 Å². The Hall–Kier alpha value is -1.96. The largest absolute Gasteiger partial charge is 0.507 e. The van der Waals surface area contributed by atoms with E-state index in [-0.39, 0.29) is 0 Å². The second kappa shape index (κ2) is 12.8. The average molecular weight is 477 g/mol. The molecule has 0 atom stereocenters. The molecule has 0 aromatic heterocycles. The van der Waals surface area contributed by atoms with Gasteiger partial charge in [-0.2, -0.15) is 0 Å². The topological polar surface area (TPSA) is 40.5 Å². The number of aryl methyl sites for hydroxylation is 2. The third-order valence-corrected chi connectivity index (χ3v) is 8.68. The van der Waals surface area contributed by atoms with Crippen LogP contribution in [0.15, 0.2) is 24.3 Å². The fraction of sp³-hybridized carbons (Fsp3) is 0.636. The molecule has 0 heterocycles. The Morgan fingerprint density at radius 1 is 0.657 bits per heavy atom. The van der Waals surface area contributed by atoms with Crippen LogP contribution >= 0.6 is 0 Å². The molecule has 2 heteroatoms. The fourth-order valence-corrected chi connectivity index (χ4v) is 6.67. The summed E-state index contributed by atoms with van der Waals surface area (Å²) in [7, 11) is 0. The second-order valence-electron chi connectivity index (χ2n) is 11.6. The molecule has 2 N–H and O–H groups in total. The zero-order valence-corrected chi connectivity index (χ0v) is 22.4. The highest BCUT2D eigenvalue weighted by atomic mass is 16.3. The van der Waals surface area contributed by atoms with Crippen LogP contribution in [0.25, 0.3) is 0 Å². The third-order valence-electron chi connectivity index (χ3n) is 8.68. The summed E-state index contributed by atoms with van der Waals surface area (Å²) in [5.74, 6) is 1.92. The highest BCUT2D eigenvalue weighted by Gasteiger charge is 2.24. The molecule has 35 heavy (non-hydrogen) atoms. The van der Waals surface area contributed by atoms with Gasteiger partial charge in [0, 0.05) is 6.42 Å². The summed E-state index contributed by atoms with van der Waals surface area (Å²) in [5.41, 5.74) is 6.89. The lowest BCUT2D eigenvalue weighted by Gasteiger charge is -2.26. The van der Waals surface area contributed by atoms with Gasteiger partial charge in [0.2, 0.25) is 0 Å². The molecule has 2 aromatic rings. The van der Waals surface area contributed by atoms with Crippen LogP contribution in [0, 0.1) is 6.92 Å². The molecule has 0 unspecified atom stereocenters. The maximum atomic E-state index is 11.5. The average Bonchev–Trinajstić information content (AvgIpc) is 2.88. The standard InChI is InChI=1S/C33H48O2/c1-3-4-5-6-9-14-25-21-29(33(35)31(22-25)27-17-12-8-13-18-27)23-28-19-24(2)20-30(32(28)34)26-15-10-7-11-16-26/h19-22,26-27,34-35H,3-18,23H2,1-2H3. The van der Waals surface area contributed by atoms with Gasteiger partial charge in [0.15, 0.2) is 0 Å². The molecule has 0 radical (unpaired) electrons. The summed E-state index contributed by atoms with van der Waals surface area (Å²) in [4.78, 5) is 0. The number of hydrogen-bond donors (Lipinski definition) is 2. The summed E-state index contributed by atoms with van der Waals surface area (Å²) in [6.45, 7) is 4.42. The zero-order valence-electron chi connectivity index (χ0n) is 22.4. The minimum atomic E-state index is 0.475. The number of aromatic hydroxyl groups is 2. The van der Waals surface area contributed by atoms with E-state index in [0.717, 1.165) is 23.1 Å². The van der Waals surface area contributed by atoms with Gasteiger partial charge in [0.05, 0.1) is 0 Å². The highest BCUT2D eigenvalue weighted by Crippen LogP contribution is 2.43. The first-order valence-electron chi connectivity index (χ1n) is 14.7. The number of hydrogen-bond acceptors (Lipinski definition) is 2. The van der Waals surface area contributed by atoms with Crippen LogP contribution in [0.1, 0.15) is 148 Å². The van der Waals surface area contributed by atoms with E-state index in [1.807, 2.05) is 0 Å². The highest BCUT2D eigenvalue weighted by molar-refractivity contribution is 5.52. The maximum Gasteiger partial charge on any atom is 0.122 e. The van der Waals surface area contributed by atoms with Gasteiger partial charge >= 0.3 is 0 Å². The molecule has 0 amide bonds. The van der Waals surface area contributed by atoms with Crippen LogP contribution < -0.4 is 0 Å². The number of rotatable bonds is 10. The Bertz CT molecular complexity index is 948. The Labute approximate surface area is 214 Å². The van der Waals surface area contributed by atoms with Crippen molar-refractivity contribution in [3.8, 4) is 11.5 Å². The zero-order chi connectivity index (χ0) is 24.6. The van der Waals surface area contributed by atoms with Gasteiger partial charge in [0.1, 0.15) is 11.5 Å². The van der Waals surface area contributed by atoms with E-state index in [1.54, 1.807) is 0 Å². The summed E-state index contributed by atoms with van der Waals surface area (Å²) < 4.78 is 0. The first-order valence-corrected chi connectivity index (χ1v) is 14.7. The normalized spacial score (nSPS) is 17.7. The van der Waals surface area contributed by atoms with Crippen molar-refractivity contribution in [2.24, 2.45) is 0 Å². The van der Waals surface area contributed by atoms with Crippen LogP contribution in [-0.4, -0.2) is 10.2 Å². The molecule has 2 fully saturated rings. The fourth-order valence-electron chi connectivity index (χ4n) is 6.67. The molecule has 0 bridgehead atoms. The van der Waals surface area contributed by atoms with Gasteiger partial charge in [-0.1, -0.05) is 101 Å². The van der Waals surface area contributed by atoms with Crippen LogP contribution in [0.5, 0.6) is 11.5 Å². The van der Waals surface area contributed by atoms with E-state index >= 15 is 0 Å². The second-order valence-corrected chi connectivity index (χ2v) is 11.6. The summed E-state index contributed by atoms with van der Waals surface area (Å²) in [5, 5.41) is 22.8. The van der Waals surface area contributed by atoms with Gasteiger partial charge < -0.3 is 10.2 Å². The summed E-state index contributed by atoms with van der Waals surface area (Å²) >= 11 is 0. The predicted octanol–water partition coefficient (Wildman–Crippen LogP) is 9.61. The van der Waals surface area contributed by atoms with Crippen LogP contribution in [-0.2, 0) is 12.8 Å². The molecule has 4 rings (SSSR count). The maximum absolute atomic E-state index is 11.5. The molecule has 2 aliphatic carbocycles. The summed E-state index contributed by atoms with van der Waals surface area (Å²) in [6.07, 6.45) is 20.6. The van der Waals surface area contributed by atoms with Crippen molar-refractivity contribution in [1.82, 2.24) is 0 Å². The first kappa shape index (κ1) is 26.1. The quantitative estimate of drug-likeness (QED) is 0.335. The van der Waals surface area contributed by atoms with Gasteiger partial charge in [-0.25, -0.2) is 0 Å². The van der Waals surface area contributed by atoms with Crippen molar-refractivity contribution in [3.05, 3.63) is 57.6 Å². The van der Waals surface area contributed by atoms with Crippen LogP contribution in [0.4, 0.5) is 0 Å². The van der Waals surface area contributed by atoms with Crippen molar-refractivity contribution < 1.29 is 10.2 Å². The number of phenols is 2. The van der Waals surface area contributed by atoms with Crippen molar-refractivity contribution in [2.45, 2.75) is 135 Å². The van der Waals surface area contributed by atoms with Gasteiger partial charge in [-0.3, -0.25) is 0 Å². The molecule has 0 spiro atoms. The lowest BCUT2D eigenvalue weighted by atomic mass is 9.80. The number of unbranched alkanes of at least 4 members (excludes halogenated alkanes) is 4. The molecule has 2 aromatic carbocycles. The number of benzene rings is 2. The van der Waals surface area contributed by atoms with E-state index < -0.39 is 0 Å². The van der Waals surface area contributed by atoms with Crippen molar-refractivity contribution in [2.75, 3.05) is 0 Å². The van der Waals surface area contributed by atoms with Crippen LogP contribution in [0.3, 0.4) is 0 Å². The molecule has 2 aliphatic rings. The molecule has 192 valence electrons. The smallest absolute Gasteiger partial charge is 0.122 e. The van der Waals surface area contributed by atoms with E-state index in [9.17, 15) is 10.2 Å². The van der Waals surface area contributed by atoms with Gasteiger partial charge in [-0.05, 0) is 85.1 Å². The molecule has 2 saturated carbocycles. The third kappa shape index (κ3) is 6.83. The lowest BCUT2D eigenvalue weighted by Crippen LogP contribution is -2.08. The summed E-state index contributed by atoms with van der Waals surface area (Å²) in [6, 6.07) is 8.90. The van der Waals surface area contributed by atoms with E-state index in [0.29, 0.717) is 29.8 Å². The van der Waals surface area contributed by atoms with Crippen molar-refractivity contribution in [3.63, 3.8) is 0 Å². The molecule has 2 nitrogen and oxygen atoms in total. The molecular weight excluding hydrogens is 428 g/mol. The minimum Gasteiger partial charge on any atom is -0.507 e. The van der Waals surface area contributed by atoms with E-state index in [2.05, 4.69) is 38.1 Å². The Morgan fingerprint density at radius 2 is 1.20 bits per heavy atom. The van der Waals surface area contributed by atoms with Crippen LogP contribution in [0.2, 0.25) is 0 Å². The molecule has 0 saturated heterocycles. The molecule has 0 aliphatic heterocycles. The van der Waals surface area contributed by atoms with Gasteiger partial charge in [-0.15, -0.1) is 0 Å². The molecular formula is C33H48O2. The Morgan fingerprint density at radius 3 is 1.80 bits per heavy atom.